The smallest absolute Gasteiger partial charge is 0.281 e. The average molecular weight is 458 g/mol. The molecule has 0 saturated carbocycles. The molecule has 1 heterocycles. The van der Waals surface area contributed by atoms with Crippen molar-refractivity contribution in [2.45, 2.75) is 6.92 Å². The van der Waals surface area contributed by atoms with Crippen molar-refractivity contribution >= 4 is 46.1 Å². The SMILES string of the molecule is Cc1cccc(Cl)c1N(NC(=O)c1cncs1)c1cccc(C(=O)NCCN(C)C)c1. The molecule has 0 spiro atoms. The molecule has 162 valence electrons. The maximum atomic E-state index is 12.8. The molecule has 7 nitrogen and oxygen atoms in total. The number of carbonyl (C=O) groups excluding carboxylic acids is 2. The topological polar surface area (TPSA) is 77.6 Å². The van der Waals surface area contributed by atoms with E-state index in [0.29, 0.717) is 33.4 Å². The highest BCUT2D eigenvalue weighted by molar-refractivity contribution is 7.11. The number of hydrogen-bond acceptors (Lipinski definition) is 6. The lowest BCUT2D eigenvalue weighted by Gasteiger charge is -2.28. The third-order valence-corrected chi connectivity index (χ3v) is 5.57. The lowest BCUT2D eigenvalue weighted by atomic mass is 10.1. The van der Waals surface area contributed by atoms with Crippen LogP contribution in [-0.4, -0.2) is 48.9 Å². The first-order chi connectivity index (χ1) is 14.9. The van der Waals surface area contributed by atoms with Crippen LogP contribution in [0, 0.1) is 6.92 Å². The summed E-state index contributed by atoms with van der Waals surface area (Å²) in [6.07, 6.45) is 1.51. The molecule has 0 aliphatic heterocycles. The monoisotopic (exact) mass is 457 g/mol. The Bertz CT molecular complexity index is 1040. The number of carbonyl (C=O) groups is 2. The molecule has 0 atom stereocenters. The minimum atomic E-state index is -0.317. The van der Waals surface area contributed by atoms with Gasteiger partial charge in [0.1, 0.15) is 4.88 Å². The van der Waals surface area contributed by atoms with Crippen molar-refractivity contribution in [2.75, 3.05) is 32.2 Å². The molecular formula is C22H24ClN5O2S. The molecular weight excluding hydrogens is 434 g/mol. The van der Waals surface area contributed by atoms with E-state index in [1.807, 2.05) is 44.1 Å². The van der Waals surface area contributed by atoms with Gasteiger partial charge in [-0.1, -0.05) is 29.8 Å². The van der Waals surface area contributed by atoms with Crippen molar-refractivity contribution in [2.24, 2.45) is 0 Å². The molecule has 0 bridgehead atoms. The number of aryl methyl sites for hydroxylation is 1. The molecule has 0 aliphatic rings. The zero-order chi connectivity index (χ0) is 22.4. The van der Waals surface area contributed by atoms with Crippen molar-refractivity contribution in [1.82, 2.24) is 20.6 Å². The van der Waals surface area contributed by atoms with Crippen LogP contribution in [0.15, 0.2) is 54.2 Å². The van der Waals surface area contributed by atoms with Gasteiger partial charge in [-0.05, 0) is 50.8 Å². The summed E-state index contributed by atoms with van der Waals surface area (Å²) in [5, 5.41) is 4.99. The van der Waals surface area contributed by atoms with Gasteiger partial charge in [-0.2, -0.15) is 0 Å². The van der Waals surface area contributed by atoms with Crippen LogP contribution >= 0.6 is 22.9 Å². The fourth-order valence-corrected chi connectivity index (χ4v) is 3.74. The number of anilines is 2. The van der Waals surface area contributed by atoms with Gasteiger partial charge in [0, 0.05) is 18.7 Å². The summed E-state index contributed by atoms with van der Waals surface area (Å²) in [4.78, 5) is 31.8. The molecule has 0 fully saturated rings. The van der Waals surface area contributed by atoms with Gasteiger partial charge < -0.3 is 10.2 Å². The van der Waals surface area contributed by atoms with E-state index in [1.54, 1.807) is 34.8 Å². The van der Waals surface area contributed by atoms with Crippen LogP contribution in [0.3, 0.4) is 0 Å². The van der Waals surface area contributed by atoms with Gasteiger partial charge in [0.2, 0.25) is 0 Å². The normalized spacial score (nSPS) is 10.7. The molecule has 3 aromatic rings. The lowest BCUT2D eigenvalue weighted by molar-refractivity contribution is 0.0947. The van der Waals surface area contributed by atoms with E-state index >= 15 is 0 Å². The van der Waals surface area contributed by atoms with Crippen molar-refractivity contribution < 1.29 is 9.59 Å². The van der Waals surface area contributed by atoms with Gasteiger partial charge in [-0.3, -0.25) is 25.0 Å². The van der Waals surface area contributed by atoms with Crippen LogP contribution in [0.2, 0.25) is 5.02 Å². The fourth-order valence-electron chi connectivity index (χ4n) is 2.92. The predicted octanol–water partition coefficient (Wildman–Crippen LogP) is 3.88. The van der Waals surface area contributed by atoms with Crippen LogP contribution < -0.4 is 15.8 Å². The molecule has 2 aromatic carbocycles. The molecule has 3 rings (SSSR count). The first kappa shape index (κ1) is 22.7. The average Bonchev–Trinajstić information content (AvgIpc) is 3.27. The van der Waals surface area contributed by atoms with Crippen molar-refractivity contribution in [3.8, 4) is 0 Å². The van der Waals surface area contributed by atoms with Crippen LogP contribution in [-0.2, 0) is 0 Å². The van der Waals surface area contributed by atoms with Gasteiger partial charge in [0.05, 0.1) is 28.1 Å². The largest absolute Gasteiger partial charge is 0.351 e. The Balaban J connectivity index is 1.94. The molecule has 0 radical (unpaired) electrons. The second-order valence-electron chi connectivity index (χ2n) is 7.16. The third-order valence-electron chi connectivity index (χ3n) is 4.49. The molecule has 2 N–H and O–H groups in total. The Kier molecular flexibility index (Phi) is 7.62. The minimum absolute atomic E-state index is 0.187. The Morgan fingerprint density at radius 1 is 1.13 bits per heavy atom. The van der Waals surface area contributed by atoms with Crippen molar-refractivity contribution in [1.29, 1.82) is 0 Å². The van der Waals surface area contributed by atoms with Gasteiger partial charge in [0.15, 0.2) is 0 Å². The first-order valence-electron chi connectivity index (χ1n) is 9.64. The number of likely N-dealkylation sites (N-methyl/N-ethyl adjacent to an activating group) is 1. The van der Waals surface area contributed by atoms with Gasteiger partial charge >= 0.3 is 0 Å². The second-order valence-corrected chi connectivity index (χ2v) is 8.45. The number of thiazole rings is 1. The van der Waals surface area contributed by atoms with E-state index in [0.717, 1.165) is 12.1 Å². The van der Waals surface area contributed by atoms with E-state index in [9.17, 15) is 9.59 Å². The Hall–Kier alpha value is -2.94. The number of hydrogen-bond donors (Lipinski definition) is 2. The number of halogens is 1. The number of amides is 2. The van der Waals surface area contributed by atoms with E-state index in [-0.39, 0.29) is 11.8 Å². The summed E-state index contributed by atoms with van der Waals surface area (Å²) < 4.78 is 0. The van der Waals surface area contributed by atoms with Crippen LogP contribution in [0.1, 0.15) is 25.6 Å². The molecule has 0 unspecified atom stereocenters. The standard InChI is InChI=1S/C22H24ClN5O2S/c1-15-6-4-9-18(23)20(15)28(26-22(30)19-13-24-14-31-19)17-8-5-7-16(12-17)21(29)25-10-11-27(2)3/h4-9,12-14H,10-11H2,1-3H3,(H,25,29)(H,26,30). The highest BCUT2D eigenvalue weighted by Gasteiger charge is 2.20. The zero-order valence-corrected chi connectivity index (χ0v) is 19.1. The summed E-state index contributed by atoms with van der Waals surface area (Å²) in [6, 6.07) is 12.6. The van der Waals surface area contributed by atoms with Crippen LogP contribution in [0.5, 0.6) is 0 Å². The highest BCUT2D eigenvalue weighted by atomic mass is 35.5. The molecule has 2 amide bonds. The second kappa shape index (κ2) is 10.4. The molecule has 31 heavy (non-hydrogen) atoms. The number of nitrogens with one attached hydrogen (secondary N) is 2. The molecule has 9 heteroatoms. The predicted molar refractivity (Wildman–Crippen MR) is 125 cm³/mol. The number of rotatable bonds is 8. The Morgan fingerprint density at radius 3 is 2.58 bits per heavy atom. The number of benzene rings is 2. The lowest BCUT2D eigenvalue weighted by Crippen LogP contribution is -2.39. The van der Waals surface area contributed by atoms with E-state index < -0.39 is 0 Å². The van der Waals surface area contributed by atoms with Gasteiger partial charge in [-0.25, -0.2) is 0 Å². The van der Waals surface area contributed by atoms with Crippen molar-refractivity contribution in [3.63, 3.8) is 0 Å². The third kappa shape index (κ3) is 5.81. The first-order valence-corrected chi connectivity index (χ1v) is 10.9. The zero-order valence-electron chi connectivity index (χ0n) is 17.6. The van der Waals surface area contributed by atoms with E-state index in [1.165, 1.54) is 17.5 Å². The number of hydrazine groups is 1. The molecule has 0 saturated heterocycles. The summed E-state index contributed by atoms with van der Waals surface area (Å²) in [5.74, 6) is -0.504. The Morgan fingerprint density at radius 2 is 1.90 bits per heavy atom. The summed E-state index contributed by atoms with van der Waals surface area (Å²) in [6.45, 7) is 3.18. The van der Waals surface area contributed by atoms with Crippen molar-refractivity contribution in [3.05, 3.63) is 75.2 Å². The summed E-state index contributed by atoms with van der Waals surface area (Å²) in [5.41, 5.74) is 7.09. The molecule has 1 aromatic heterocycles. The van der Waals surface area contributed by atoms with Crippen LogP contribution in [0.4, 0.5) is 11.4 Å². The number of nitrogens with zero attached hydrogens (tertiary/aromatic N) is 3. The number of para-hydroxylation sites is 1. The highest BCUT2D eigenvalue weighted by Crippen LogP contribution is 2.34. The fraction of sp³-hybridized carbons (Fsp3) is 0.227. The maximum absolute atomic E-state index is 12.8. The van der Waals surface area contributed by atoms with Gasteiger partial charge in [-0.15, -0.1) is 11.3 Å². The Labute approximate surface area is 190 Å². The van der Waals surface area contributed by atoms with Crippen LogP contribution in [0.25, 0.3) is 0 Å². The number of aromatic nitrogens is 1. The summed E-state index contributed by atoms with van der Waals surface area (Å²) in [7, 11) is 3.89. The summed E-state index contributed by atoms with van der Waals surface area (Å²) >= 11 is 7.74. The van der Waals surface area contributed by atoms with Gasteiger partial charge in [0.25, 0.3) is 11.8 Å². The maximum Gasteiger partial charge on any atom is 0.281 e. The minimum Gasteiger partial charge on any atom is -0.351 e. The quantitative estimate of drug-likeness (QED) is 0.502. The van der Waals surface area contributed by atoms with E-state index in [2.05, 4.69) is 15.7 Å². The van der Waals surface area contributed by atoms with E-state index in [4.69, 9.17) is 11.6 Å². The molecule has 0 aliphatic carbocycles.